The van der Waals surface area contributed by atoms with E-state index in [1.807, 2.05) is 45.0 Å². The number of likely N-dealkylation sites (tertiary alicyclic amines) is 1. The summed E-state index contributed by atoms with van der Waals surface area (Å²) in [5.41, 5.74) is 0.350. The molecule has 2 aliphatic rings. The van der Waals surface area contributed by atoms with Gasteiger partial charge in [-0.25, -0.2) is 0 Å². The largest absolute Gasteiger partial charge is 0.507 e. The first-order valence-electron chi connectivity index (χ1n) is 11.7. The van der Waals surface area contributed by atoms with E-state index in [1.165, 1.54) is 4.90 Å². The Morgan fingerprint density at radius 3 is 2.46 bits per heavy atom. The third kappa shape index (κ3) is 3.60. The van der Waals surface area contributed by atoms with Crippen LogP contribution in [0.3, 0.4) is 0 Å². The first-order chi connectivity index (χ1) is 16.7. The third-order valence-electron chi connectivity index (χ3n) is 6.78. The summed E-state index contributed by atoms with van der Waals surface area (Å²) in [6, 6.07) is 12.2. The molecular formula is C27H31N3O5. The maximum absolute atomic E-state index is 14.1. The van der Waals surface area contributed by atoms with Gasteiger partial charge in [0.15, 0.2) is 5.54 Å². The molecule has 0 aromatic heterocycles. The average molecular weight is 478 g/mol. The molecule has 0 radical (unpaired) electrons. The molecule has 2 aromatic rings. The number of nitrogens with zero attached hydrogens (tertiary/aromatic N) is 3. The first-order valence-corrected chi connectivity index (χ1v) is 11.7. The Morgan fingerprint density at radius 2 is 1.83 bits per heavy atom. The van der Waals surface area contributed by atoms with Crippen LogP contribution in [0, 0.1) is 6.92 Å². The van der Waals surface area contributed by atoms with Crippen molar-refractivity contribution in [1.82, 2.24) is 9.80 Å². The highest BCUT2D eigenvalue weighted by Gasteiger charge is 2.66. The number of hydrogen-bond acceptors (Lipinski definition) is 6. The van der Waals surface area contributed by atoms with Crippen LogP contribution in [0.4, 0.5) is 5.69 Å². The van der Waals surface area contributed by atoms with Crippen LogP contribution in [0.5, 0.6) is 5.75 Å². The highest BCUT2D eigenvalue weighted by molar-refractivity contribution is 6.50. The molecule has 1 N–H and O–H groups in total. The molecule has 1 atom stereocenters. The summed E-state index contributed by atoms with van der Waals surface area (Å²) >= 11 is 0. The van der Waals surface area contributed by atoms with Crippen molar-refractivity contribution >= 4 is 29.0 Å². The van der Waals surface area contributed by atoms with Gasteiger partial charge >= 0.3 is 0 Å². The van der Waals surface area contributed by atoms with Crippen LogP contribution in [0.1, 0.15) is 30.0 Å². The number of benzene rings is 2. The van der Waals surface area contributed by atoms with Crippen molar-refractivity contribution in [2.24, 2.45) is 0 Å². The van der Waals surface area contributed by atoms with Crippen molar-refractivity contribution in [2.75, 3.05) is 45.7 Å². The average Bonchev–Trinajstić information content (AvgIpc) is 3.21. The lowest BCUT2D eigenvalue weighted by molar-refractivity contribution is -0.143. The van der Waals surface area contributed by atoms with Gasteiger partial charge in [-0.3, -0.25) is 14.4 Å². The second kappa shape index (κ2) is 9.19. The second-order valence-electron chi connectivity index (χ2n) is 9.13. The minimum atomic E-state index is -1.72. The van der Waals surface area contributed by atoms with Crippen molar-refractivity contribution in [1.29, 1.82) is 0 Å². The number of methoxy groups -OCH3 is 1. The van der Waals surface area contributed by atoms with Gasteiger partial charge in [0, 0.05) is 24.2 Å². The maximum atomic E-state index is 14.1. The van der Waals surface area contributed by atoms with E-state index in [0.29, 0.717) is 42.1 Å². The number of ketones is 1. The number of anilines is 1. The Kier molecular flexibility index (Phi) is 6.42. The fourth-order valence-corrected chi connectivity index (χ4v) is 5.20. The standard InChI is InChI=1S/C27H31N3O5/c1-6-29-20-11-8-7-10-19(20)27(26(29)34)22(23(31)18-12-13-21(35-5)17(2)16-18)24(32)25(33)30(27)15-9-14-28(3)4/h7-8,10-13,16,31H,6,9,14-15H2,1-5H3/b23-22-. The summed E-state index contributed by atoms with van der Waals surface area (Å²) in [4.78, 5) is 46.0. The summed E-state index contributed by atoms with van der Waals surface area (Å²) in [5.74, 6) is -1.79. The number of aliphatic hydroxyl groups is 1. The molecule has 2 aliphatic heterocycles. The van der Waals surface area contributed by atoms with Gasteiger partial charge in [0.25, 0.3) is 17.6 Å². The highest BCUT2D eigenvalue weighted by Crippen LogP contribution is 2.53. The number of hydrogen-bond donors (Lipinski definition) is 1. The number of aryl methyl sites for hydroxylation is 1. The number of amides is 2. The van der Waals surface area contributed by atoms with Crippen LogP contribution in [0.25, 0.3) is 5.76 Å². The summed E-state index contributed by atoms with van der Waals surface area (Å²) < 4.78 is 5.32. The number of carbonyl (C=O) groups is 3. The topological polar surface area (TPSA) is 90.4 Å². The van der Waals surface area contributed by atoms with E-state index in [4.69, 9.17) is 4.74 Å². The molecule has 0 saturated carbocycles. The van der Waals surface area contributed by atoms with Gasteiger partial charge in [-0.1, -0.05) is 18.2 Å². The number of fused-ring (bicyclic) bond motifs is 2. The van der Waals surface area contributed by atoms with Gasteiger partial charge in [-0.05, 0) is 70.7 Å². The van der Waals surface area contributed by atoms with Crippen LogP contribution in [-0.4, -0.2) is 73.3 Å². The molecule has 1 saturated heterocycles. The second-order valence-corrected chi connectivity index (χ2v) is 9.13. The summed E-state index contributed by atoms with van der Waals surface area (Å²) in [6.07, 6.45) is 0.561. The number of ether oxygens (including phenoxy) is 1. The van der Waals surface area contributed by atoms with Gasteiger partial charge in [0.05, 0.1) is 18.4 Å². The first kappa shape index (κ1) is 24.5. The molecule has 1 unspecified atom stereocenters. The molecule has 8 heteroatoms. The van der Waals surface area contributed by atoms with E-state index < -0.39 is 23.1 Å². The molecule has 35 heavy (non-hydrogen) atoms. The van der Waals surface area contributed by atoms with Gasteiger partial charge in [0.2, 0.25) is 0 Å². The highest BCUT2D eigenvalue weighted by atomic mass is 16.5. The van der Waals surface area contributed by atoms with Crippen molar-refractivity contribution in [3.05, 3.63) is 64.7 Å². The Bertz CT molecular complexity index is 1240. The van der Waals surface area contributed by atoms with Crippen LogP contribution in [0.15, 0.2) is 48.0 Å². The molecule has 0 aliphatic carbocycles. The SMILES string of the molecule is CCN1C(=O)C2(/C(=C(\O)c3ccc(OC)c(C)c3)C(=O)C(=O)N2CCCN(C)C)c2ccccc21. The number of carbonyl (C=O) groups excluding carboxylic acids is 3. The lowest BCUT2D eigenvalue weighted by Crippen LogP contribution is -2.52. The van der Waals surface area contributed by atoms with E-state index in [2.05, 4.69) is 0 Å². The van der Waals surface area contributed by atoms with Crippen LogP contribution >= 0.6 is 0 Å². The van der Waals surface area contributed by atoms with Gasteiger partial charge in [-0.2, -0.15) is 0 Å². The molecule has 2 heterocycles. The fraction of sp³-hybridized carbons (Fsp3) is 0.370. The zero-order valence-corrected chi connectivity index (χ0v) is 20.8. The van der Waals surface area contributed by atoms with Crippen molar-refractivity contribution < 1.29 is 24.2 Å². The van der Waals surface area contributed by atoms with E-state index in [1.54, 1.807) is 42.3 Å². The van der Waals surface area contributed by atoms with Crippen molar-refractivity contribution in [3.8, 4) is 5.75 Å². The van der Waals surface area contributed by atoms with E-state index in [9.17, 15) is 19.5 Å². The third-order valence-corrected chi connectivity index (χ3v) is 6.78. The Labute approximate surface area is 205 Å². The lowest BCUT2D eigenvalue weighted by Gasteiger charge is -2.34. The smallest absolute Gasteiger partial charge is 0.296 e. The fourth-order valence-electron chi connectivity index (χ4n) is 5.20. The molecule has 1 spiro atoms. The molecule has 0 bridgehead atoms. The number of rotatable bonds is 7. The summed E-state index contributed by atoms with van der Waals surface area (Å²) in [6.45, 7) is 4.89. The van der Waals surface area contributed by atoms with Crippen LogP contribution in [-0.2, 0) is 19.9 Å². The summed E-state index contributed by atoms with van der Waals surface area (Å²) in [7, 11) is 5.39. The minimum Gasteiger partial charge on any atom is -0.507 e. The van der Waals surface area contributed by atoms with Crippen LogP contribution in [0.2, 0.25) is 0 Å². The Balaban J connectivity index is 2.00. The molecule has 2 aromatic carbocycles. The number of aliphatic hydroxyl groups excluding tert-OH is 1. The zero-order chi connectivity index (χ0) is 25.5. The van der Waals surface area contributed by atoms with Crippen LogP contribution < -0.4 is 9.64 Å². The number of likely N-dealkylation sites (N-methyl/N-ethyl adjacent to an activating group) is 1. The monoisotopic (exact) mass is 477 g/mol. The van der Waals surface area contributed by atoms with E-state index in [-0.39, 0.29) is 17.9 Å². The molecule has 1 fully saturated rings. The molecule has 8 nitrogen and oxygen atoms in total. The number of Topliss-reactive ketones (excluding diaryl/α,β-unsaturated/α-hetero) is 1. The van der Waals surface area contributed by atoms with Gasteiger partial charge in [-0.15, -0.1) is 0 Å². The van der Waals surface area contributed by atoms with Crippen molar-refractivity contribution in [3.63, 3.8) is 0 Å². The van der Waals surface area contributed by atoms with E-state index in [0.717, 1.165) is 5.56 Å². The molecule has 2 amide bonds. The Morgan fingerprint density at radius 1 is 1.11 bits per heavy atom. The maximum Gasteiger partial charge on any atom is 0.296 e. The quantitative estimate of drug-likeness (QED) is 0.375. The summed E-state index contributed by atoms with van der Waals surface area (Å²) in [5, 5.41) is 11.5. The minimum absolute atomic E-state index is 0.190. The molecular weight excluding hydrogens is 446 g/mol. The normalized spacial score (nSPS) is 20.9. The van der Waals surface area contributed by atoms with Gasteiger partial charge in [0.1, 0.15) is 11.5 Å². The predicted molar refractivity (Wildman–Crippen MR) is 133 cm³/mol. The van der Waals surface area contributed by atoms with E-state index >= 15 is 0 Å². The van der Waals surface area contributed by atoms with Gasteiger partial charge < -0.3 is 24.5 Å². The molecule has 184 valence electrons. The number of para-hydroxylation sites is 1. The lowest BCUT2D eigenvalue weighted by atomic mass is 9.81. The Hall–Kier alpha value is -3.65. The predicted octanol–water partition coefficient (Wildman–Crippen LogP) is 2.90. The molecule has 4 rings (SSSR count). The zero-order valence-electron chi connectivity index (χ0n) is 20.8. The van der Waals surface area contributed by atoms with Crippen molar-refractivity contribution in [2.45, 2.75) is 25.8 Å².